The summed E-state index contributed by atoms with van der Waals surface area (Å²) in [4.78, 5) is 13.7. The van der Waals surface area contributed by atoms with E-state index in [0.717, 1.165) is 46.0 Å². The zero-order chi connectivity index (χ0) is 25.9. The second-order valence-corrected chi connectivity index (χ2v) is 9.62. The van der Waals surface area contributed by atoms with E-state index in [2.05, 4.69) is 106 Å². The highest BCUT2D eigenvalue weighted by Gasteiger charge is 2.31. The van der Waals surface area contributed by atoms with E-state index in [1.165, 1.54) is 11.1 Å². The molecule has 0 bridgehead atoms. The first-order chi connectivity index (χ1) is 18.7. The number of rotatable bonds is 8. The van der Waals surface area contributed by atoms with Gasteiger partial charge in [-0.25, -0.2) is 0 Å². The first-order valence-electron chi connectivity index (χ1n) is 13.1. The molecule has 0 radical (unpaired) electrons. The molecule has 6 aromatic rings. The number of nitrogens with zero attached hydrogens (tertiary/aromatic N) is 2. The molecular weight excluding hydrogens is 468 g/mol. The number of hydrogen-bond donors (Lipinski definition) is 0. The third kappa shape index (κ3) is 4.50. The molecule has 38 heavy (non-hydrogen) atoms. The van der Waals surface area contributed by atoms with Gasteiger partial charge >= 0.3 is 5.97 Å². The molecule has 4 heteroatoms. The van der Waals surface area contributed by atoms with Crippen molar-refractivity contribution in [3.05, 3.63) is 144 Å². The fraction of sp³-hybridized carbons (Fsp3) is 0.147. The van der Waals surface area contributed by atoms with E-state index in [1.54, 1.807) is 0 Å². The molecule has 0 saturated heterocycles. The van der Waals surface area contributed by atoms with Gasteiger partial charge < -0.3 is 13.9 Å². The summed E-state index contributed by atoms with van der Waals surface area (Å²) in [5, 5.41) is 2.14. The smallest absolute Gasteiger partial charge is 0.318 e. The Bertz CT molecular complexity index is 1580. The predicted octanol–water partition coefficient (Wildman–Crippen LogP) is 7.39. The predicted molar refractivity (Wildman–Crippen MR) is 153 cm³/mol. The Morgan fingerprint density at radius 1 is 0.632 bits per heavy atom. The molecular formula is C34H30N2O2. The SMILES string of the molecule is CCOC(=O)C(c1cn(Cc2ccccc2)c2ccccc12)c1cn(Cc2ccccc2)c2ccccc12. The lowest BCUT2D eigenvalue weighted by Crippen LogP contribution is -2.17. The standard InChI is InChI=1S/C34H30N2O2/c1-2-38-34(37)33(29-23-35(21-25-13-5-3-6-14-25)31-19-11-9-17-27(29)31)30-24-36(22-26-15-7-4-8-16-26)32-20-12-10-18-28(30)32/h3-20,23-24,33H,2,21-22H2,1H3. The number of carbonyl (C=O) groups excluding carboxylic acids is 1. The van der Waals surface area contributed by atoms with Crippen molar-refractivity contribution >= 4 is 27.8 Å². The third-order valence-corrected chi connectivity index (χ3v) is 7.17. The van der Waals surface area contributed by atoms with E-state index >= 15 is 0 Å². The number of para-hydroxylation sites is 2. The summed E-state index contributed by atoms with van der Waals surface area (Å²) in [6.45, 7) is 3.66. The van der Waals surface area contributed by atoms with E-state index in [4.69, 9.17) is 4.74 Å². The number of carbonyl (C=O) groups is 1. The molecule has 0 fully saturated rings. The molecule has 2 heterocycles. The summed E-state index contributed by atoms with van der Waals surface area (Å²) in [7, 11) is 0. The lowest BCUT2D eigenvalue weighted by atomic mass is 9.90. The second-order valence-electron chi connectivity index (χ2n) is 9.62. The van der Waals surface area contributed by atoms with E-state index in [9.17, 15) is 4.79 Å². The molecule has 4 nitrogen and oxygen atoms in total. The largest absolute Gasteiger partial charge is 0.465 e. The summed E-state index contributed by atoms with van der Waals surface area (Å²) in [6.07, 6.45) is 4.28. The Morgan fingerprint density at radius 3 is 1.50 bits per heavy atom. The van der Waals surface area contributed by atoms with Gasteiger partial charge in [-0.15, -0.1) is 0 Å². The molecule has 6 rings (SSSR count). The van der Waals surface area contributed by atoms with Crippen LogP contribution >= 0.6 is 0 Å². The first-order valence-corrected chi connectivity index (χ1v) is 13.1. The van der Waals surface area contributed by atoms with Crippen LogP contribution < -0.4 is 0 Å². The van der Waals surface area contributed by atoms with Crippen molar-refractivity contribution in [3.8, 4) is 0 Å². The van der Waals surface area contributed by atoms with Crippen molar-refractivity contribution in [1.82, 2.24) is 9.13 Å². The van der Waals surface area contributed by atoms with Crippen LogP contribution in [0.25, 0.3) is 21.8 Å². The minimum Gasteiger partial charge on any atom is -0.465 e. The Balaban J connectivity index is 1.52. The molecule has 4 aromatic carbocycles. The number of hydrogen-bond acceptors (Lipinski definition) is 2. The van der Waals surface area contributed by atoms with Gasteiger partial charge in [-0.2, -0.15) is 0 Å². The summed E-state index contributed by atoms with van der Waals surface area (Å²) in [5.74, 6) is -0.767. The fourth-order valence-corrected chi connectivity index (χ4v) is 5.48. The minimum absolute atomic E-state index is 0.224. The highest BCUT2D eigenvalue weighted by molar-refractivity contribution is 5.97. The summed E-state index contributed by atoms with van der Waals surface area (Å²) < 4.78 is 10.2. The van der Waals surface area contributed by atoms with E-state index in [-0.39, 0.29) is 5.97 Å². The molecule has 188 valence electrons. The maximum absolute atomic E-state index is 13.7. The maximum atomic E-state index is 13.7. The molecule has 0 aliphatic carbocycles. The van der Waals surface area contributed by atoms with Gasteiger partial charge in [0.1, 0.15) is 5.92 Å². The monoisotopic (exact) mass is 498 g/mol. The van der Waals surface area contributed by atoms with Gasteiger partial charge in [0.05, 0.1) is 6.61 Å². The van der Waals surface area contributed by atoms with Crippen molar-refractivity contribution in [2.24, 2.45) is 0 Å². The molecule has 0 aliphatic heterocycles. The van der Waals surface area contributed by atoms with Crippen molar-refractivity contribution in [2.45, 2.75) is 25.9 Å². The van der Waals surface area contributed by atoms with E-state index < -0.39 is 5.92 Å². The average Bonchev–Trinajstić information content (AvgIpc) is 3.49. The molecule has 0 saturated carbocycles. The summed E-state index contributed by atoms with van der Waals surface area (Å²) in [6, 6.07) is 37.5. The Morgan fingerprint density at radius 2 is 1.05 bits per heavy atom. The second kappa shape index (κ2) is 10.4. The van der Waals surface area contributed by atoms with Crippen LogP contribution in [0.15, 0.2) is 122 Å². The van der Waals surface area contributed by atoms with Crippen LogP contribution in [-0.4, -0.2) is 21.7 Å². The van der Waals surface area contributed by atoms with Gasteiger partial charge in [0.25, 0.3) is 0 Å². The lowest BCUT2D eigenvalue weighted by Gasteiger charge is -2.15. The highest BCUT2D eigenvalue weighted by atomic mass is 16.5. The van der Waals surface area contributed by atoms with Crippen molar-refractivity contribution in [3.63, 3.8) is 0 Å². The van der Waals surface area contributed by atoms with Gasteiger partial charge in [0.2, 0.25) is 0 Å². The lowest BCUT2D eigenvalue weighted by molar-refractivity contribution is -0.143. The van der Waals surface area contributed by atoms with Crippen molar-refractivity contribution < 1.29 is 9.53 Å². The van der Waals surface area contributed by atoms with Gasteiger partial charge in [-0.3, -0.25) is 4.79 Å². The van der Waals surface area contributed by atoms with Gasteiger partial charge in [0, 0.05) is 47.3 Å². The van der Waals surface area contributed by atoms with Crippen LogP contribution in [0, 0.1) is 0 Å². The van der Waals surface area contributed by atoms with Crippen molar-refractivity contribution in [2.75, 3.05) is 6.61 Å². The number of fused-ring (bicyclic) bond motifs is 2. The van der Waals surface area contributed by atoms with E-state index in [0.29, 0.717) is 6.61 Å². The molecule has 0 spiro atoms. The molecule has 0 aliphatic rings. The highest BCUT2D eigenvalue weighted by Crippen LogP contribution is 2.38. The van der Waals surface area contributed by atoms with Crippen LogP contribution in [-0.2, 0) is 22.6 Å². The number of esters is 1. The normalized spacial score (nSPS) is 11.4. The number of benzene rings is 4. The Kier molecular flexibility index (Phi) is 6.53. The quantitative estimate of drug-likeness (QED) is 0.205. The van der Waals surface area contributed by atoms with E-state index in [1.807, 2.05) is 31.2 Å². The topological polar surface area (TPSA) is 36.2 Å². The zero-order valence-electron chi connectivity index (χ0n) is 21.5. The van der Waals surface area contributed by atoms with Gasteiger partial charge in [-0.1, -0.05) is 97.1 Å². The van der Waals surface area contributed by atoms with Crippen LogP contribution in [0.2, 0.25) is 0 Å². The number of ether oxygens (including phenoxy) is 1. The van der Waals surface area contributed by atoms with Crippen LogP contribution in [0.3, 0.4) is 0 Å². The molecule has 2 aromatic heterocycles. The van der Waals surface area contributed by atoms with Crippen molar-refractivity contribution in [1.29, 1.82) is 0 Å². The number of aromatic nitrogens is 2. The third-order valence-electron chi connectivity index (χ3n) is 7.17. The molecule has 0 amide bonds. The summed E-state index contributed by atoms with van der Waals surface area (Å²) in [5.41, 5.74) is 6.58. The zero-order valence-corrected chi connectivity index (χ0v) is 21.5. The molecule has 0 N–H and O–H groups in total. The fourth-order valence-electron chi connectivity index (χ4n) is 5.48. The van der Waals surface area contributed by atoms with Gasteiger partial charge in [-0.05, 0) is 41.3 Å². The van der Waals surface area contributed by atoms with Gasteiger partial charge in [0.15, 0.2) is 0 Å². The molecule has 0 atom stereocenters. The minimum atomic E-state index is -0.543. The molecule has 0 unspecified atom stereocenters. The maximum Gasteiger partial charge on any atom is 0.318 e. The first kappa shape index (κ1) is 23.8. The average molecular weight is 499 g/mol. The Labute approximate surface area is 222 Å². The Hall–Kier alpha value is -4.57. The van der Waals surface area contributed by atoms with Crippen LogP contribution in [0.5, 0.6) is 0 Å². The van der Waals surface area contributed by atoms with Crippen LogP contribution in [0.4, 0.5) is 0 Å². The summed E-state index contributed by atoms with van der Waals surface area (Å²) >= 11 is 0. The van der Waals surface area contributed by atoms with Crippen LogP contribution in [0.1, 0.15) is 35.1 Å².